The summed E-state index contributed by atoms with van der Waals surface area (Å²) in [6.07, 6.45) is 1.03. The summed E-state index contributed by atoms with van der Waals surface area (Å²) in [5.74, 6) is 0. The largest absolute Gasteiger partial charge is 0.391 e. The van der Waals surface area contributed by atoms with Crippen LogP contribution in [-0.2, 0) is 6.42 Å². The summed E-state index contributed by atoms with van der Waals surface area (Å²) in [5.41, 5.74) is 3.80. The SMILES string of the molecule is O=Cc1ccc2c(c1)CC(O)CN2c1ccccc1. The molecule has 0 saturated carbocycles. The van der Waals surface area contributed by atoms with E-state index in [9.17, 15) is 9.90 Å². The fourth-order valence-corrected chi connectivity index (χ4v) is 2.59. The molecule has 0 fully saturated rings. The third kappa shape index (κ3) is 2.25. The lowest BCUT2D eigenvalue weighted by atomic mass is 9.97. The Morgan fingerprint density at radius 3 is 2.68 bits per heavy atom. The Hall–Kier alpha value is -2.13. The van der Waals surface area contributed by atoms with Crippen molar-refractivity contribution in [3.8, 4) is 0 Å². The second kappa shape index (κ2) is 4.86. The Morgan fingerprint density at radius 1 is 1.16 bits per heavy atom. The molecule has 96 valence electrons. The van der Waals surface area contributed by atoms with Gasteiger partial charge in [-0.25, -0.2) is 0 Å². The average Bonchev–Trinajstić information content (AvgIpc) is 2.46. The van der Waals surface area contributed by atoms with Crippen LogP contribution in [-0.4, -0.2) is 24.0 Å². The molecule has 0 saturated heterocycles. The highest BCUT2D eigenvalue weighted by Crippen LogP contribution is 2.33. The fourth-order valence-electron chi connectivity index (χ4n) is 2.59. The van der Waals surface area contributed by atoms with E-state index in [0.29, 0.717) is 18.5 Å². The van der Waals surface area contributed by atoms with Crippen LogP contribution in [0.1, 0.15) is 15.9 Å². The van der Waals surface area contributed by atoms with Gasteiger partial charge >= 0.3 is 0 Å². The van der Waals surface area contributed by atoms with Gasteiger partial charge in [0.2, 0.25) is 0 Å². The van der Waals surface area contributed by atoms with Gasteiger partial charge in [-0.15, -0.1) is 0 Å². The molecule has 1 N–H and O–H groups in total. The number of β-amino-alcohol motifs (C(OH)–C–C–N with tert-alkyl or cyclic N) is 1. The highest BCUT2D eigenvalue weighted by atomic mass is 16.3. The Bertz CT molecular complexity index is 595. The summed E-state index contributed by atoms with van der Waals surface area (Å²) in [7, 11) is 0. The number of benzene rings is 2. The third-order valence-electron chi connectivity index (χ3n) is 3.45. The minimum Gasteiger partial charge on any atom is -0.391 e. The zero-order chi connectivity index (χ0) is 13.2. The van der Waals surface area contributed by atoms with Crippen molar-refractivity contribution in [3.05, 3.63) is 59.7 Å². The van der Waals surface area contributed by atoms with Gasteiger partial charge in [0.15, 0.2) is 0 Å². The predicted molar refractivity (Wildman–Crippen MR) is 75.0 cm³/mol. The van der Waals surface area contributed by atoms with Crippen LogP contribution in [0.5, 0.6) is 0 Å². The number of para-hydroxylation sites is 1. The maximum atomic E-state index is 10.8. The molecular formula is C16H15NO2. The van der Waals surface area contributed by atoms with Crippen LogP contribution in [0.15, 0.2) is 48.5 Å². The van der Waals surface area contributed by atoms with Crippen molar-refractivity contribution in [3.63, 3.8) is 0 Å². The van der Waals surface area contributed by atoms with E-state index in [-0.39, 0.29) is 0 Å². The van der Waals surface area contributed by atoms with Gasteiger partial charge in [-0.1, -0.05) is 18.2 Å². The van der Waals surface area contributed by atoms with Crippen LogP contribution in [0.4, 0.5) is 11.4 Å². The van der Waals surface area contributed by atoms with Gasteiger partial charge < -0.3 is 10.0 Å². The van der Waals surface area contributed by atoms with Crippen molar-refractivity contribution >= 4 is 17.7 Å². The second-order valence-electron chi connectivity index (χ2n) is 4.81. The summed E-state index contributed by atoms with van der Waals surface area (Å²) in [6, 6.07) is 15.6. The molecule has 0 amide bonds. The highest BCUT2D eigenvalue weighted by molar-refractivity contribution is 5.78. The summed E-state index contributed by atoms with van der Waals surface area (Å²) in [6.45, 7) is 0.581. The van der Waals surface area contributed by atoms with Crippen LogP contribution < -0.4 is 4.90 Å². The molecule has 19 heavy (non-hydrogen) atoms. The number of carbonyl (C=O) groups is 1. The van der Waals surface area contributed by atoms with Crippen molar-refractivity contribution in [2.24, 2.45) is 0 Å². The summed E-state index contributed by atoms with van der Waals surface area (Å²) < 4.78 is 0. The number of aldehydes is 1. The monoisotopic (exact) mass is 253 g/mol. The first-order valence-corrected chi connectivity index (χ1v) is 6.36. The number of nitrogens with zero attached hydrogens (tertiary/aromatic N) is 1. The van der Waals surface area contributed by atoms with Crippen LogP contribution in [0.25, 0.3) is 0 Å². The molecule has 1 atom stereocenters. The predicted octanol–water partition coefficient (Wildman–Crippen LogP) is 2.55. The van der Waals surface area contributed by atoms with Crippen LogP contribution in [0.3, 0.4) is 0 Å². The number of carbonyl (C=O) groups excluding carboxylic acids is 1. The molecule has 1 aliphatic rings. The van der Waals surface area contributed by atoms with Gasteiger partial charge in [0.05, 0.1) is 6.10 Å². The standard InChI is InChI=1S/C16H15NO2/c18-11-12-6-7-16-13(8-12)9-15(19)10-17(16)14-4-2-1-3-5-14/h1-8,11,15,19H,9-10H2. The second-order valence-corrected chi connectivity index (χ2v) is 4.81. The van der Waals surface area contributed by atoms with E-state index >= 15 is 0 Å². The van der Waals surface area contributed by atoms with Gasteiger partial charge in [-0.3, -0.25) is 4.79 Å². The Balaban J connectivity index is 2.07. The fraction of sp³-hybridized carbons (Fsp3) is 0.188. The molecule has 2 aromatic rings. The molecule has 1 aliphatic heterocycles. The number of rotatable bonds is 2. The molecule has 3 heteroatoms. The minimum absolute atomic E-state index is 0.408. The van der Waals surface area contributed by atoms with Gasteiger partial charge in [0.1, 0.15) is 6.29 Å². The van der Waals surface area contributed by atoms with Gasteiger partial charge in [0.25, 0.3) is 0 Å². The number of anilines is 2. The van der Waals surface area contributed by atoms with Crippen LogP contribution in [0, 0.1) is 0 Å². The molecule has 0 aromatic heterocycles. The lowest BCUT2D eigenvalue weighted by molar-refractivity contribution is 0.112. The molecule has 1 heterocycles. The molecule has 2 aromatic carbocycles. The Labute approximate surface area is 112 Å². The third-order valence-corrected chi connectivity index (χ3v) is 3.45. The number of hydrogen-bond acceptors (Lipinski definition) is 3. The number of hydrogen-bond donors (Lipinski definition) is 1. The number of aliphatic hydroxyl groups is 1. The van der Waals surface area contributed by atoms with E-state index in [2.05, 4.69) is 4.90 Å². The lowest BCUT2D eigenvalue weighted by Gasteiger charge is -2.34. The Morgan fingerprint density at radius 2 is 1.95 bits per heavy atom. The van der Waals surface area contributed by atoms with Crippen molar-refractivity contribution in [2.45, 2.75) is 12.5 Å². The quantitative estimate of drug-likeness (QED) is 0.836. The average molecular weight is 253 g/mol. The Kier molecular flexibility index (Phi) is 3.05. The van der Waals surface area contributed by atoms with Gasteiger partial charge in [-0.05, 0) is 35.9 Å². The molecular weight excluding hydrogens is 238 g/mol. The van der Waals surface area contributed by atoms with E-state index in [1.54, 1.807) is 0 Å². The molecule has 0 radical (unpaired) electrons. The summed E-state index contributed by atoms with van der Waals surface area (Å²) in [5, 5.41) is 10.0. The normalized spacial score (nSPS) is 17.9. The molecule has 0 bridgehead atoms. The van der Waals surface area contributed by atoms with Gasteiger partial charge in [0, 0.05) is 29.9 Å². The van der Waals surface area contributed by atoms with Gasteiger partial charge in [-0.2, -0.15) is 0 Å². The summed E-state index contributed by atoms with van der Waals surface area (Å²) in [4.78, 5) is 12.9. The smallest absolute Gasteiger partial charge is 0.150 e. The van der Waals surface area contributed by atoms with Crippen LogP contribution in [0.2, 0.25) is 0 Å². The molecule has 1 unspecified atom stereocenters. The van der Waals surface area contributed by atoms with Crippen molar-refractivity contribution in [1.82, 2.24) is 0 Å². The lowest BCUT2D eigenvalue weighted by Crippen LogP contribution is -2.35. The van der Waals surface area contributed by atoms with E-state index in [4.69, 9.17) is 0 Å². The molecule has 3 nitrogen and oxygen atoms in total. The molecule has 0 aliphatic carbocycles. The van der Waals surface area contributed by atoms with E-state index in [0.717, 1.165) is 23.2 Å². The molecule has 3 rings (SSSR count). The van der Waals surface area contributed by atoms with Crippen molar-refractivity contribution in [1.29, 1.82) is 0 Å². The number of aliphatic hydroxyl groups excluding tert-OH is 1. The molecule has 0 spiro atoms. The van der Waals surface area contributed by atoms with Crippen LogP contribution >= 0.6 is 0 Å². The van der Waals surface area contributed by atoms with E-state index in [1.165, 1.54) is 0 Å². The topological polar surface area (TPSA) is 40.5 Å². The highest BCUT2D eigenvalue weighted by Gasteiger charge is 2.24. The zero-order valence-electron chi connectivity index (χ0n) is 10.5. The summed E-state index contributed by atoms with van der Waals surface area (Å²) >= 11 is 0. The first-order valence-electron chi connectivity index (χ1n) is 6.36. The minimum atomic E-state index is -0.408. The van der Waals surface area contributed by atoms with Crippen molar-refractivity contribution in [2.75, 3.05) is 11.4 Å². The maximum Gasteiger partial charge on any atom is 0.150 e. The maximum absolute atomic E-state index is 10.8. The first-order chi connectivity index (χ1) is 9.28. The van der Waals surface area contributed by atoms with E-state index < -0.39 is 6.10 Å². The number of fused-ring (bicyclic) bond motifs is 1. The first kappa shape index (κ1) is 11.9. The van der Waals surface area contributed by atoms with E-state index in [1.807, 2.05) is 48.5 Å². The van der Waals surface area contributed by atoms with Crippen molar-refractivity contribution < 1.29 is 9.90 Å². The zero-order valence-corrected chi connectivity index (χ0v) is 10.5.